The van der Waals surface area contributed by atoms with E-state index in [1.54, 1.807) is 0 Å². The van der Waals surface area contributed by atoms with Crippen molar-refractivity contribution in [2.24, 2.45) is 0 Å². The Hall–Kier alpha value is -4.12. The van der Waals surface area contributed by atoms with Gasteiger partial charge < -0.3 is 20.2 Å². The number of nitro groups is 4. The van der Waals surface area contributed by atoms with E-state index in [0.717, 1.165) is 0 Å². The van der Waals surface area contributed by atoms with E-state index in [-0.39, 0.29) is 11.6 Å². The highest BCUT2D eigenvalue weighted by Gasteiger charge is 2.36. The molecular formula is C8H8N10O8. The second-order valence-corrected chi connectivity index (χ2v) is 4.72. The van der Waals surface area contributed by atoms with Gasteiger partial charge in [0.25, 0.3) is 0 Å². The van der Waals surface area contributed by atoms with Crippen LogP contribution in [0.4, 0.5) is 11.9 Å². The molecular weight excluding hydrogens is 364 g/mol. The van der Waals surface area contributed by atoms with Crippen LogP contribution in [0.2, 0.25) is 0 Å². The third-order valence-corrected chi connectivity index (χ3v) is 2.98. The Morgan fingerprint density at radius 1 is 0.808 bits per heavy atom. The summed E-state index contributed by atoms with van der Waals surface area (Å²) in [5.41, 5.74) is 0. The maximum Gasteiger partial charge on any atom is 0.491 e. The van der Waals surface area contributed by atoms with E-state index in [4.69, 9.17) is 0 Å². The van der Waals surface area contributed by atoms with Crippen LogP contribution >= 0.6 is 0 Å². The topological polar surface area (TPSA) is 234 Å². The first-order valence-corrected chi connectivity index (χ1v) is 6.52. The molecule has 0 bridgehead atoms. The Balaban J connectivity index is 2.55. The largest absolute Gasteiger partial charge is 0.491 e. The van der Waals surface area contributed by atoms with Crippen molar-refractivity contribution < 1.29 is 19.7 Å². The van der Waals surface area contributed by atoms with Crippen molar-refractivity contribution in [3.63, 3.8) is 0 Å². The lowest BCUT2D eigenvalue weighted by molar-refractivity contribution is -0.516. The van der Waals surface area contributed by atoms with Crippen LogP contribution in [0.15, 0.2) is 0 Å². The summed E-state index contributed by atoms with van der Waals surface area (Å²) < 4.78 is 1.19. The predicted molar refractivity (Wildman–Crippen MR) is 74.9 cm³/mol. The van der Waals surface area contributed by atoms with Gasteiger partial charge in [-0.3, -0.25) is 20.2 Å². The first-order valence-electron chi connectivity index (χ1n) is 6.52. The number of hydrogen-bond donors (Lipinski definition) is 0. The van der Waals surface area contributed by atoms with Crippen molar-refractivity contribution in [2.45, 2.75) is 26.2 Å². The minimum absolute atomic E-state index is 0.333. The molecule has 0 aromatic carbocycles. The van der Waals surface area contributed by atoms with Crippen LogP contribution in [-0.2, 0) is 13.3 Å². The first-order chi connectivity index (χ1) is 12.1. The molecule has 0 amide bonds. The average Bonchev–Trinajstić information content (AvgIpc) is 3.10. The second-order valence-electron chi connectivity index (χ2n) is 4.72. The van der Waals surface area contributed by atoms with Crippen LogP contribution in [-0.4, -0.2) is 49.2 Å². The minimum atomic E-state index is -1.16. The maximum absolute atomic E-state index is 10.8. The van der Waals surface area contributed by atoms with Crippen LogP contribution in [0.1, 0.15) is 24.5 Å². The summed E-state index contributed by atoms with van der Waals surface area (Å²) in [7, 11) is 0. The third kappa shape index (κ3) is 3.68. The van der Waals surface area contributed by atoms with Crippen LogP contribution in [0, 0.1) is 40.5 Å². The minimum Gasteiger partial charge on any atom is -0.390 e. The molecule has 18 nitrogen and oxygen atoms in total. The highest BCUT2D eigenvalue weighted by atomic mass is 16.6. The maximum atomic E-state index is 10.8. The molecule has 138 valence electrons. The third-order valence-electron chi connectivity index (χ3n) is 2.98. The van der Waals surface area contributed by atoms with Crippen molar-refractivity contribution >= 4 is 11.9 Å². The Morgan fingerprint density at radius 3 is 1.42 bits per heavy atom. The highest BCUT2D eigenvalue weighted by Crippen LogP contribution is 2.24. The lowest BCUT2D eigenvalue weighted by Crippen LogP contribution is -2.19. The molecule has 0 saturated heterocycles. The summed E-state index contributed by atoms with van der Waals surface area (Å²) in [6.45, 7) is -0.674. The first kappa shape index (κ1) is 18.2. The standard InChI is InChI=1S/C8H8N10O8/c1-4(5-9-7(17(23)24)11-13(5)2-15(19)20)6-10-8(18(25)26)12-14(6)3-16(21)22/h4H,2-3H2,1H3. The quantitative estimate of drug-likeness (QED) is 0.413. The smallest absolute Gasteiger partial charge is 0.390 e. The Morgan fingerprint density at radius 2 is 1.15 bits per heavy atom. The Labute approximate surface area is 140 Å². The SMILES string of the molecule is CC(c1nc([N+](=O)[O-])nn1C[N+](=O)[O-])c1nc([N+](=O)[O-])nn1C[N+](=O)[O-]. The van der Waals surface area contributed by atoms with E-state index in [1.165, 1.54) is 6.92 Å². The summed E-state index contributed by atoms with van der Waals surface area (Å²) in [5.74, 6) is -3.70. The molecule has 0 unspecified atom stereocenters. The lowest BCUT2D eigenvalue weighted by atomic mass is 10.1. The predicted octanol–water partition coefficient (Wildman–Crippen LogP) is -0.694. The molecule has 0 aliphatic heterocycles. The molecule has 0 N–H and O–H groups in total. The monoisotopic (exact) mass is 372 g/mol. The molecule has 0 aliphatic rings. The van der Waals surface area contributed by atoms with E-state index in [0.29, 0.717) is 9.36 Å². The van der Waals surface area contributed by atoms with E-state index < -0.39 is 50.8 Å². The molecule has 0 fully saturated rings. The fraction of sp³-hybridized carbons (Fsp3) is 0.500. The van der Waals surface area contributed by atoms with Crippen LogP contribution in [0.3, 0.4) is 0 Å². The second kappa shape index (κ2) is 6.78. The number of hydrogen-bond acceptors (Lipinski definition) is 12. The van der Waals surface area contributed by atoms with Gasteiger partial charge >= 0.3 is 25.2 Å². The molecule has 0 atom stereocenters. The van der Waals surface area contributed by atoms with Crippen molar-refractivity contribution in [1.29, 1.82) is 0 Å². The van der Waals surface area contributed by atoms with Crippen molar-refractivity contribution in [1.82, 2.24) is 29.5 Å². The Kier molecular flexibility index (Phi) is 4.75. The van der Waals surface area contributed by atoms with Gasteiger partial charge in [-0.15, -0.1) is 9.36 Å². The number of aromatic nitrogens is 6. The zero-order chi connectivity index (χ0) is 19.6. The summed E-state index contributed by atoms with van der Waals surface area (Å²) in [4.78, 5) is 46.4. The van der Waals surface area contributed by atoms with Gasteiger partial charge in [0, 0.05) is 20.0 Å². The molecule has 0 aliphatic carbocycles. The Bertz CT molecular complexity index is 829. The van der Waals surface area contributed by atoms with Gasteiger partial charge in [0.15, 0.2) is 0 Å². The van der Waals surface area contributed by atoms with Gasteiger partial charge in [-0.05, 0) is 26.7 Å². The van der Waals surface area contributed by atoms with Gasteiger partial charge in [-0.2, -0.15) is 0 Å². The zero-order valence-corrected chi connectivity index (χ0v) is 12.7. The normalized spacial score (nSPS) is 10.8. The van der Waals surface area contributed by atoms with Crippen molar-refractivity contribution in [2.75, 3.05) is 0 Å². The van der Waals surface area contributed by atoms with E-state index >= 15 is 0 Å². The van der Waals surface area contributed by atoms with E-state index in [2.05, 4.69) is 20.2 Å². The van der Waals surface area contributed by atoms with E-state index in [1.807, 2.05) is 0 Å². The summed E-state index contributed by atoms with van der Waals surface area (Å²) in [6, 6.07) is 0. The zero-order valence-electron chi connectivity index (χ0n) is 12.7. The van der Waals surface area contributed by atoms with Gasteiger partial charge in [0.05, 0.1) is 0 Å². The summed E-state index contributed by atoms with van der Waals surface area (Å²) >= 11 is 0. The van der Waals surface area contributed by atoms with Gasteiger partial charge in [0.1, 0.15) is 5.92 Å². The van der Waals surface area contributed by atoms with Gasteiger partial charge in [0.2, 0.25) is 11.6 Å². The lowest BCUT2D eigenvalue weighted by Gasteiger charge is -2.03. The van der Waals surface area contributed by atoms with Gasteiger partial charge in [-0.25, -0.2) is 0 Å². The molecule has 0 spiro atoms. The number of rotatable bonds is 8. The van der Waals surface area contributed by atoms with Gasteiger partial charge in [-0.1, -0.05) is 0 Å². The van der Waals surface area contributed by atoms with Crippen molar-refractivity contribution in [3.05, 3.63) is 52.1 Å². The molecule has 2 rings (SSSR count). The van der Waals surface area contributed by atoms with Crippen LogP contribution in [0.25, 0.3) is 0 Å². The van der Waals surface area contributed by atoms with E-state index in [9.17, 15) is 40.5 Å². The summed E-state index contributed by atoms with van der Waals surface area (Å²) in [6.07, 6.45) is 0. The van der Waals surface area contributed by atoms with Crippen LogP contribution in [0.5, 0.6) is 0 Å². The molecule has 18 heteroatoms. The fourth-order valence-electron chi connectivity index (χ4n) is 2.02. The molecule has 0 saturated carbocycles. The highest BCUT2D eigenvalue weighted by molar-refractivity contribution is 5.18. The molecule has 2 heterocycles. The molecule has 0 radical (unpaired) electrons. The average molecular weight is 372 g/mol. The summed E-state index contributed by atoms with van der Waals surface area (Å²) in [5, 5.41) is 49.7. The molecule has 2 aromatic heterocycles. The molecule has 2 aromatic rings. The van der Waals surface area contributed by atoms with Crippen LogP contribution < -0.4 is 0 Å². The fourth-order valence-corrected chi connectivity index (χ4v) is 2.02. The number of nitrogens with zero attached hydrogens (tertiary/aromatic N) is 10. The van der Waals surface area contributed by atoms with Crippen molar-refractivity contribution in [3.8, 4) is 0 Å². The molecule has 26 heavy (non-hydrogen) atoms.